The summed E-state index contributed by atoms with van der Waals surface area (Å²) in [5, 5.41) is 10.9. The van der Waals surface area contributed by atoms with E-state index in [0.29, 0.717) is 18.1 Å². The number of morpholine rings is 1. The SMILES string of the molecule is O=C(O)[C@H]1CN(C(=O)Cc2coc(-c3cccs3)n2)CCO1. The molecule has 1 N–H and O–H groups in total. The van der Waals surface area contributed by atoms with Crippen molar-refractivity contribution in [3.05, 3.63) is 29.5 Å². The summed E-state index contributed by atoms with van der Waals surface area (Å²) in [6.07, 6.45) is 0.584. The zero-order valence-corrected chi connectivity index (χ0v) is 12.4. The molecule has 7 nitrogen and oxygen atoms in total. The van der Waals surface area contributed by atoms with E-state index in [4.69, 9.17) is 14.3 Å². The molecule has 8 heteroatoms. The van der Waals surface area contributed by atoms with E-state index in [0.717, 1.165) is 4.88 Å². The van der Waals surface area contributed by atoms with Gasteiger partial charge in [-0.2, -0.15) is 0 Å². The molecule has 2 aromatic rings. The van der Waals surface area contributed by atoms with E-state index in [1.165, 1.54) is 22.5 Å². The second kappa shape index (κ2) is 6.29. The van der Waals surface area contributed by atoms with Crippen molar-refractivity contribution in [3.63, 3.8) is 0 Å². The van der Waals surface area contributed by atoms with Gasteiger partial charge in [0.2, 0.25) is 11.8 Å². The van der Waals surface area contributed by atoms with E-state index in [2.05, 4.69) is 4.98 Å². The molecule has 0 bridgehead atoms. The molecule has 0 spiro atoms. The predicted molar refractivity (Wildman–Crippen MR) is 77.5 cm³/mol. The van der Waals surface area contributed by atoms with Crippen LogP contribution >= 0.6 is 11.3 Å². The molecule has 0 radical (unpaired) electrons. The van der Waals surface area contributed by atoms with E-state index in [1.54, 1.807) is 0 Å². The highest BCUT2D eigenvalue weighted by Crippen LogP contribution is 2.23. The fourth-order valence-electron chi connectivity index (χ4n) is 2.19. The van der Waals surface area contributed by atoms with Crippen molar-refractivity contribution in [2.24, 2.45) is 0 Å². The average Bonchev–Trinajstić information content (AvgIpc) is 3.18. The van der Waals surface area contributed by atoms with Crippen LogP contribution in [0.3, 0.4) is 0 Å². The molecule has 116 valence electrons. The number of hydrogen-bond donors (Lipinski definition) is 1. The molecule has 1 saturated heterocycles. The van der Waals surface area contributed by atoms with Gasteiger partial charge in [-0.05, 0) is 11.4 Å². The van der Waals surface area contributed by atoms with Crippen LogP contribution in [0.2, 0.25) is 0 Å². The van der Waals surface area contributed by atoms with Gasteiger partial charge >= 0.3 is 5.97 Å². The van der Waals surface area contributed by atoms with Gasteiger partial charge < -0.3 is 19.2 Å². The molecule has 0 aliphatic carbocycles. The van der Waals surface area contributed by atoms with E-state index in [9.17, 15) is 9.59 Å². The Labute approximate surface area is 130 Å². The van der Waals surface area contributed by atoms with Crippen molar-refractivity contribution >= 4 is 23.2 Å². The molecule has 1 aliphatic rings. The number of oxazole rings is 1. The van der Waals surface area contributed by atoms with Gasteiger partial charge in [-0.15, -0.1) is 11.3 Å². The third-order valence-electron chi connectivity index (χ3n) is 3.31. The van der Waals surface area contributed by atoms with Crippen molar-refractivity contribution in [2.75, 3.05) is 19.7 Å². The second-order valence-electron chi connectivity index (χ2n) is 4.84. The van der Waals surface area contributed by atoms with Gasteiger partial charge in [0.15, 0.2) is 6.10 Å². The topological polar surface area (TPSA) is 92.9 Å². The summed E-state index contributed by atoms with van der Waals surface area (Å²) in [5.41, 5.74) is 0.534. The zero-order chi connectivity index (χ0) is 15.5. The lowest BCUT2D eigenvalue weighted by Crippen LogP contribution is -2.49. The van der Waals surface area contributed by atoms with Crippen LogP contribution in [0.5, 0.6) is 0 Å². The van der Waals surface area contributed by atoms with Crippen molar-refractivity contribution in [1.82, 2.24) is 9.88 Å². The Morgan fingerprint density at radius 2 is 2.36 bits per heavy atom. The Kier molecular flexibility index (Phi) is 4.21. The largest absolute Gasteiger partial charge is 0.479 e. The Morgan fingerprint density at radius 1 is 1.50 bits per heavy atom. The number of aliphatic carboxylic acids is 1. The van der Waals surface area contributed by atoms with E-state index in [1.807, 2.05) is 17.5 Å². The molecular weight excluding hydrogens is 308 g/mol. The highest BCUT2D eigenvalue weighted by Gasteiger charge is 2.29. The fourth-order valence-corrected chi connectivity index (χ4v) is 2.85. The van der Waals surface area contributed by atoms with Crippen LogP contribution in [0.25, 0.3) is 10.8 Å². The first-order chi connectivity index (χ1) is 10.6. The maximum absolute atomic E-state index is 12.2. The number of carbonyl (C=O) groups excluding carboxylic acids is 1. The lowest BCUT2D eigenvalue weighted by atomic mass is 10.2. The first kappa shape index (κ1) is 14.7. The fraction of sp³-hybridized carbons (Fsp3) is 0.357. The van der Waals surface area contributed by atoms with Crippen LogP contribution in [0.4, 0.5) is 0 Å². The van der Waals surface area contributed by atoms with Crippen LogP contribution in [0, 0.1) is 0 Å². The second-order valence-corrected chi connectivity index (χ2v) is 5.78. The molecule has 0 unspecified atom stereocenters. The standard InChI is InChI=1S/C14H14N2O5S/c17-12(16-3-4-20-10(7-16)14(18)19)6-9-8-21-13(15-9)11-2-1-5-22-11/h1-2,5,8,10H,3-4,6-7H2,(H,18,19)/t10-/m1/s1. The number of hydrogen-bond acceptors (Lipinski definition) is 6. The molecule has 1 fully saturated rings. The Morgan fingerprint density at radius 3 is 3.09 bits per heavy atom. The van der Waals surface area contributed by atoms with Crippen LogP contribution in [0.1, 0.15) is 5.69 Å². The summed E-state index contributed by atoms with van der Waals surface area (Å²) >= 11 is 1.51. The number of thiophene rings is 1. The highest BCUT2D eigenvalue weighted by molar-refractivity contribution is 7.13. The van der Waals surface area contributed by atoms with Gasteiger partial charge in [0.05, 0.1) is 30.1 Å². The number of ether oxygens (including phenoxy) is 1. The minimum absolute atomic E-state index is 0.0593. The summed E-state index contributed by atoms with van der Waals surface area (Å²) in [5.74, 6) is -0.748. The van der Waals surface area contributed by atoms with Crippen LogP contribution in [0.15, 0.2) is 28.2 Å². The van der Waals surface area contributed by atoms with Crippen LogP contribution in [-0.2, 0) is 20.7 Å². The maximum Gasteiger partial charge on any atom is 0.334 e. The van der Waals surface area contributed by atoms with Gasteiger partial charge in [-0.25, -0.2) is 9.78 Å². The summed E-state index contributed by atoms with van der Waals surface area (Å²) in [7, 11) is 0. The summed E-state index contributed by atoms with van der Waals surface area (Å²) in [4.78, 5) is 29.8. The molecule has 1 atom stereocenters. The normalized spacial score (nSPS) is 18.4. The first-order valence-corrected chi connectivity index (χ1v) is 7.62. The number of amides is 1. The van der Waals surface area contributed by atoms with Gasteiger partial charge in [0.1, 0.15) is 6.26 Å². The number of carboxylic acids is 1. The Bertz CT molecular complexity index is 667. The third kappa shape index (κ3) is 3.18. The maximum atomic E-state index is 12.2. The molecule has 0 aromatic carbocycles. The molecule has 3 heterocycles. The van der Waals surface area contributed by atoms with Crippen LogP contribution in [-0.4, -0.2) is 52.7 Å². The first-order valence-electron chi connectivity index (χ1n) is 6.74. The predicted octanol–water partition coefficient (Wildman–Crippen LogP) is 1.26. The van der Waals surface area contributed by atoms with E-state index < -0.39 is 12.1 Å². The quantitative estimate of drug-likeness (QED) is 0.911. The molecule has 3 rings (SSSR count). The highest BCUT2D eigenvalue weighted by atomic mass is 32.1. The molecule has 2 aromatic heterocycles. The lowest BCUT2D eigenvalue weighted by Gasteiger charge is -2.30. The smallest absolute Gasteiger partial charge is 0.334 e. The minimum atomic E-state index is -1.06. The summed E-state index contributed by atoms with van der Waals surface area (Å²) < 4.78 is 10.5. The number of aromatic nitrogens is 1. The van der Waals surface area contributed by atoms with Gasteiger partial charge in [-0.3, -0.25) is 4.79 Å². The van der Waals surface area contributed by atoms with Gasteiger partial charge in [0, 0.05) is 6.54 Å². The lowest BCUT2D eigenvalue weighted by molar-refractivity contribution is -0.159. The summed E-state index contributed by atoms with van der Waals surface area (Å²) in [6, 6.07) is 3.79. The van der Waals surface area contributed by atoms with Gasteiger partial charge in [-0.1, -0.05) is 6.07 Å². The Hall–Kier alpha value is -2.19. The monoisotopic (exact) mass is 322 g/mol. The van der Waals surface area contributed by atoms with Crippen molar-refractivity contribution < 1.29 is 23.8 Å². The van der Waals surface area contributed by atoms with E-state index in [-0.39, 0.29) is 25.5 Å². The van der Waals surface area contributed by atoms with Crippen molar-refractivity contribution in [3.8, 4) is 10.8 Å². The molecule has 22 heavy (non-hydrogen) atoms. The molecule has 1 amide bonds. The minimum Gasteiger partial charge on any atom is -0.479 e. The van der Waals surface area contributed by atoms with Crippen molar-refractivity contribution in [1.29, 1.82) is 0 Å². The van der Waals surface area contributed by atoms with E-state index >= 15 is 0 Å². The van der Waals surface area contributed by atoms with Crippen LogP contribution < -0.4 is 0 Å². The average molecular weight is 322 g/mol. The number of rotatable bonds is 4. The van der Waals surface area contributed by atoms with Crippen molar-refractivity contribution in [2.45, 2.75) is 12.5 Å². The Balaban J connectivity index is 1.63. The third-order valence-corrected chi connectivity index (χ3v) is 4.17. The zero-order valence-electron chi connectivity index (χ0n) is 11.6. The van der Waals surface area contributed by atoms with Gasteiger partial charge in [0.25, 0.3) is 0 Å². The number of carboxylic acid groups (broad SMARTS) is 1. The molecular formula is C14H14N2O5S. The molecule has 0 saturated carbocycles. The summed E-state index contributed by atoms with van der Waals surface area (Å²) in [6.45, 7) is 0.671. The number of carbonyl (C=O) groups is 2. The molecule has 1 aliphatic heterocycles. The number of nitrogens with zero attached hydrogens (tertiary/aromatic N) is 2.